The molecule has 0 spiro atoms. The number of aryl methyl sites for hydroxylation is 3. The van der Waals surface area contributed by atoms with Gasteiger partial charge >= 0.3 is 0 Å². The van der Waals surface area contributed by atoms with Crippen LogP contribution in [-0.4, -0.2) is 44.8 Å². The molecule has 3 aromatic rings. The Balaban J connectivity index is 2.08. The molecular weight excluding hydrogens is 554 g/mol. The van der Waals surface area contributed by atoms with Crippen LogP contribution in [0.5, 0.6) is 0 Å². The average molecular weight is 587 g/mol. The highest BCUT2D eigenvalue weighted by Crippen LogP contribution is 2.29. The highest BCUT2D eigenvalue weighted by molar-refractivity contribution is 9.10. The van der Waals surface area contributed by atoms with E-state index in [1.807, 2.05) is 57.2 Å². The topological polar surface area (TPSA) is 86.8 Å². The molecule has 0 fully saturated rings. The smallest absolute Gasteiger partial charge is 0.264 e. The van der Waals surface area contributed by atoms with Gasteiger partial charge in [-0.3, -0.25) is 13.9 Å². The average Bonchev–Trinajstić information content (AvgIpc) is 2.86. The largest absolute Gasteiger partial charge is 0.357 e. The number of carbonyl (C=O) groups is 2. The highest BCUT2D eigenvalue weighted by Gasteiger charge is 2.33. The number of anilines is 1. The number of benzene rings is 3. The van der Waals surface area contributed by atoms with Gasteiger partial charge in [-0.05, 0) is 74.7 Å². The van der Waals surface area contributed by atoms with Crippen LogP contribution in [0.2, 0.25) is 0 Å². The fourth-order valence-electron chi connectivity index (χ4n) is 3.96. The first-order valence-electron chi connectivity index (χ1n) is 11.9. The van der Waals surface area contributed by atoms with Crippen molar-refractivity contribution >= 4 is 43.5 Å². The van der Waals surface area contributed by atoms with E-state index in [2.05, 4.69) is 21.2 Å². The Bertz CT molecular complexity index is 1390. The molecule has 1 N–H and O–H groups in total. The molecule has 2 amide bonds. The minimum atomic E-state index is -4.09. The van der Waals surface area contributed by atoms with E-state index < -0.39 is 28.5 Å². The lowest BCUT2D eigenvalue weighted by atomic mass is 10.1. The molecule has 0 aliphatic carbocycles. The van der Waals surface area contributed by atoms with Crippen molar-refractivity contribution < 1.29 is 18.0 Å². The van der Waals surface area contributed by atoms with Crippen LogP contribution in [0.15, 0.2) is 76.1 Å². The molecule has 0 saturated carbocycles. The van der Waals surface area contributed by atoms with Crippen LogP contribution < -0.4 is 9.62 Å². The maximum absolute atomic E-state index is 13.9. The summed E-state index contributed by atoms with van der Waals surface area (Å²) in [7, 11) is -2.59. The molecule has 0 radical (unpaired) electrons. The number of nitrogens with zero attached hydrogens (tertiary/aromatic N) is 2. The van der Waals surface area contributed by atoms with Crippen LogP contribution in [0.4, 0.5) is 5.69 Å². The van der Waals surface area contributed by atoms with Crippen molar-refractivity contribution in [1.29, 1.82) is 0 Å². The van der Waals surface area contributed by atoms with Gasteiger partial charge in [0.05, 0.1) is 10.6 Å². The SMILES string of the molecule is CNC(=O)[C@@H](C)N(Cc1cccc(Br)c1)C(=O)CN(c1cc(C)ccc1C)S(=O)(=O)c1ccc(C)cc1. The molecule has 0 aliphatic heterocycles. The lowest BCUT2D eigenvalue weighted by Crippen LogP contribution is -2.50. The van der Waals surface area contributed by atoms with Gasteiger partial charge in [0.1, 0.15) is 12.6 Å². The summed E-state index contributed by atoms with van der Waals surface area (Å²) in [4.78, 5) is 27.9. The fourth-order valence-corrected chi connectivity index (χ4v) is 5.88. The maximum Gasteiger partial charge on any atom is 0.264 e. The predicted octanol–water partition coefficient (Wildman–Crippen LogP) is 4.73. The number of rotatable bonds is 9. The van der Waals surface area contributed by atoms with Crippen LogP contribution in [-0.2, 0) is 26.2 Å². The number of hydrogen-bond donors (Lipinski definition) is 1. The third kappa shape index (κ3) is 6.78. The van der Waals surface area contributed by atoms with Gasteiger partial charge in [-0.25, -0.2) is 8.42 Å². The van der Waals surface area contributed by atoms with E-state index in [9.17, 15) is 18.0 Å². The first-order valence-corrected chi connectivity index (χ1v) is 14.1. The summed E-state index contributed by atoms with van der Waals surface area (Å²) in [6.07, 6.45) is 0. The second kappa shape index (κ2) is 11.9. The Hall–Kier alpha value is -3.17. The molecular formula is C28H32BrN3O4S. The summed E-state index contributed by atoms with van der Waals surface area (Å²) in [5.41, 5.74) is 3.73. The maximum atomic E-state index is 13.9. The Morgan fingerprint density at radius 1 is 0.946 bits per heavy atom. The molecule has 0 aliphatic rings. The first-order chi connectivity index (χ1) is 17.4. The Kier molecular flexibility index (Phi) is 9.15. The van der Waals surface area contributed by atoms with E-state index in [1.54, 1.807) is 37.3 Å². The van der Waals surface area contributed by atoms with Crippen molar-refractivity contribution in [2.24, 2.45) is 0 Å². The summed E-state index contributed by atoms with van der Waals surface area (Å²) in [5, 5.41) is 2.59. The van der Waals surface area contributed by atoms with E-state index in [0.29, 0.717) is 11.3 Å². The predicted molar refractivity (Wildman–Crippen MR) is 150 cm³/mol. The van der Waals surface area contributed by atoms with Crippen LogP contribution >= 0.6 is 15.9 Å². The molecule has 9 heteroatoms. The van der Waals surface area contributed by atoms with Gasteiger partial charge in [0, 0.05) is 18.1 Å². The monoisotopic (exact) mass is 585 g/mol. The molecule has 37 heavy (non-hydrogen) atoms. The van der Waals surface area contributed by atoms with Gasteiger partial charge < -0.3 is 10.2 Å². The highest BCUT2D eigenvalue weighted by atomic mass is 79.9. The van der Waals surface area contributed by atoms with Crippen molar-refractivity contribution in [3.05, 3.63) is 93.5 Å². The lowest BCUT2D eigenvalue weighted by Gasteiger charge is -2.32. The molecule has 3 aromatic carbocycles. The molecule has 7 nitrogen and oxygen atoms in total. The molecule has 0 unspecified atom stereocenters. The van der Waals surface area contributed by atoms with Gasteiger partial charge in [0.15, 0.2) is 0 Å². The summed E-state index contributed by atoms with van der Waals surface area (Å²) in [6, 6.07) is 18.6. The van der Waals surface area contributed by atoms with Gasteiger partial charge in [-0.15, -0.1) is 0 Å². The molecule has 3 rings (SSSR count). The summed E-state index contributed by atoms with van der Waals surface area (Å²) >= 11 is 3.44. The third-order valence-corrected chi connectivity index (χ3v) is 8.44. The second-order valence-corrected chi connectivity index (χ2v) is 11.8. The van der Waals surface area contributed by atoms with Crippen molar-refractivity contribution in [2.45, 2.75) is 45.2 Å². The summed E-state index contributed by atoms with van der Waals surface area (Å²) in [5.74, 6) is -0.837. The first kappa shape index (κ1) is 28.4. The van der Waals surface area contributed by atoms with E-state index in [-0.39, 0.29) is 17.3 Å². The van der Waals surface area contributed by atoms with E-state index >= 15 is 0 Å². The van der Waals surface area contributed by atoms with E-state index in [0.717, 1.165) is 25.5 Å². The minimum absolute atomic E-state index is 0.0877. The molecule has 0 bridgehead atoms. The van der Waals surface area contributed by atoms with Crippen molar-refractivity contribution in [2.75, 3.05) is 17.9 Å². The Labute approximate surface area is 227 Å². The number of hydrogen-bond acceptors (Lipinski definition) is 4. The second-order valence-electron chi connectivity index (χ2n) is 9.06. The van der Waals surface area contributed by atoms with Gasteiger partial charge in [-0.2, -0.15) is 0 Å². The number of amides is 2. The van der Waals surface area contributed by atoms with Crippen LogP contribution in [0, 0.1) is 20.8 Å². The lowest BCUT2D eigenvalue weighted by molar-refractivity contribution is -0.139. The van der Waals surface area contributed by atoms with Crippen LogP contribution in [0.3, 0.4) is 0 Å². The number of likely N-dealkylation sites (N-methyl/N-ethyl adjacent to an activating group) is 1. The molecule has 0 aromatic heterocycles. The number of halogens is 1. The Morgan fingerprint density at radius 2 is 1.59 bits per heavy atom. The molecule has 1 atom stereocenters. The van der Waals surface area contributed by atoms with E-state index in [4.69, 9.17) is 0 Å². The summed E-state index contributed by atoms with van der Waals surface area (Å²) in [6.45, 7) is 6.86. The summed E-state index contributed by atoms with van der Waals surface area (Å²) < 4.78 is 29.8. The standard InChI is InChI=1S/C28H32BrN3O4S/c1-19-10-13-25(14-11-19)37(35,36)32(26-15-20(2)9-12-21(26)3)18-27(33)31(22(4)28(34)30-5)17-23-7-6-8-24(29)16-23/h6-16,22H,17-18H2,1-5H3,(H,30,34)/t22-/m1/s1. The van der Waals surface area contributed by atoms with Crippen molar-refractivity contribution in [3.8, 4) is 0 Å². The van der Waals surface area contributed by atoms with Crippen molar-refractivity contribution in [3.63, 3.8) is 0 Å². The van der Waals surface area contributed by atoms with Crippen LogP contribution in [0.25, 0.3) is 0 Å². The zero-order chi connectivity index (χ0) is 27.3. The quantitative estimate of drug-likeness (QED) is 0.393. The number of carbonyl (C=O) groups excluding carboxylic acids is 2. The molecule has 0 heterocycles. The van der Waals surface area contributed by atoms with Gasteiger partial charge in [0.25, 0.3) is 10.0 Å². The number of sulfonamides is 1. The minimum Gasteiger partial charge on any atom is -0.357 e. The number of nitrogens with one attached hydrogen (secondary N) is 1. The van der Waals surface area contributed by atoms with Gasteiger partial charge in [-0.1, -0.05) is 57.9 Å². The Morgan fingerprint density at radius 3 is 2.22 bits per heavy atom. The fraction of sp³-hybridized carbons (Fsp3) is 0.286. The van der Waals surface area contributed by atoms with E-state index in [1.165, 1.54) is 11.9 Å². The molecule has 196 valence electrons. The van der Waals surface area contributed by atoms with Gasteiger partial charge in [0.2, 0.25) is 11.8 Å². The van der Waals surface area contributed by atoms with Crippen molar-refractivity contribution in [1.82, 2.24) is 10.2 Å². The van der Waals surface area contributed by atoms with Crippen LogP contribution in [0.1, 0.15) is 29.2 Å². The third-order valence-electron chi connectivity index (χ3n) is 6.18. The normalized spacial score (nSPS) is 12.1. The molecule has 0 saturated heterocycles. The zero-order valence-electron chi connectivity index (χ0n) is 21.7. The zero-order valence-corrected chi connectivity index (χ0v) is 24.1.